The van der Waals surface area contributed by atoms with Crippen molar-refractivity contribution in [2.75, 3.05) is 11.9 Å². The molecule has 0 bridgehead atoms. The van der Waals surface area contributed by atoms with Crippen LogP contribution in [0.5, 0.6) is 0 Å². The lowest BCUT2D eigenvalue weighted by Gasteiger charge is -2.14. The van der Waals surface area contributed by atoms with Crippen LogP contribution < -0.4 is 5.32 Å². The van der Waals surface area contributed by atoms with Gasteiger partial charge in [0.05, 0.1) is 5.56 Å². The van der Waals surface area contributed by atoms with Crippen LogP contribution in [0, 0.1) is 0 Å². The standard InChI is InChI=1S/C19H20ClNO3/c1-3-13-7-5-8-14(4-2)18(13)21-17(22)12-24-19(23)15-9-6-10-16(20)11-15/h5-11H,3-4,12H2,1-2H3,(H,21,22). The van der Waals surface area contributed by atoms with Crippen molar-refractivity contribution in [1.29, 1.82) is 0 Å². The van der Waals surface area contributed by atoms with Gasteiger partial charge in [0.15, 0.2) is 6.61 Å². The molecule has 2 rings (SSSR count). The number of hydrogen-bond donors (Lipinski definition) is 1. The summed E-state index contributed by atoms with van der Waals surface area (Å²) in [5, 5.41) is 3.30. The van der Waals surface area contributed by atoms with Crippen molar-refractivity contribution in [3.8, 4) is 0 Å². The van der Waals surface area contributed by atoms with Gasteiger partial charge in [-0.1, -0.05) is 49.7 Å². The highest BCUT2D eigenvalue weighted by Gasteiger charge is 2.13. The largest absolute Gasteiger partial charge is 0.452 e. The summed E-state index contributed by atoms with van der Waals surface area (Å²) >= 11 is 5.84. The second kappa shape index (κ2) is 8.50. The van der Waals surface area contributed by atoms with E-state index in [2.05, 4.69) is 5.32 Å². The molecule has 2 aromatic carbocycles. The molecule has 0 radical (unpaired) electrons. The maximum absolute atomic E-state index is 12.1. The van der Waals surface area contributed by atoms with E-state index in [0.29, 0.717) is 10.6 Å². The predicted molar refractivity (Wildman–Crippen MR) is 95.6 cm³/mol. The molecule has 0 saturated heterocycles. The Morgan fingerprint density at radius 2 is 1.67 bits per heavy atom. The number of para-hydroxylation sites is 1. The smallest absolute Gasteiger partial charge is 0.338 e. The van der Waals surface area contributed by atoms with Crippen LogP contribution in [0.15, 0.2) is 42.5 Å². The molecule has 4 nitrogen and oxygen atoms in total. The Hall–Kier alpha value is -2.33. The minimum atomic E-state index is -0.577. The minimum Gasteiger partial charge on any atom is -0.452 e. The first kappa shape index (κ1) is 18.0. The third kappa shape index (κ3) is 4.59. The molecule has 0 aliphatic heterocycles. The Balaban J connectivity index is 2.00. The number of hydrogen-bond acceptors (Lipinski definition) is 3. The summed E-state index contributed by atoms with van der Waals surface area (Å²) in [4.78, 5) is 24.1. The first-order valence-electron chi connectivity index (χ1n) is 7.88. The van der Waals surface area contributed by atoms with E-state index < -0.39 is 5.97 Å². The normalized spacial score (nSPS) is 10.3. The highest BCUT2D eigenvalue weighted by atomic mass is 35.5. The fourth-order valence-corrected chi connectivity index (χ4v) is 2.60. The average molecular weight is 346 g/mol. The summed E-state index contributed by atoms with van der Waals surface area (Å²) in [6.07, 6.45) is 1.62. The number of aryl methyl sites for hydroxylation is 2. The van der Waals surface area contributed by atoms with E-state index in [-0.39, 0.29) is 12.5 Å². The van der Waals surface area contributed by atoms with E-state index in [1.165, 1.54) is 6.07 Å². The molecule has 0 atom stereocenters. The van der Waals surface area contributed by atoms with Gasteiger partial charge in [-0.05, 0) is 42.2 Å². The zero-order valence-corrected chi connectivity index (χ0v) is 14.5. The van der Waals surface area contributed by atoms with Crippen LogP contribution in [0.4, 0.5) is 5.69 Å². The lowest BCUT2D eigenvalue weighted by Crippen LogP contribution is -2.22. The first-order chi connectivity index (χ1) is 11.5. The van der Waals surface area contributed by atoms with Crippen molar-refractivity contribution in [2.24, 2.45) is 0 Å². The molecule has 0 saturated carbocycles. The lowest BCUT2D eigenvalue weighted by atomic mass is 10.0. The van der Waals surface area contributed by atoms with Crippen LogP contribution in [-0.4, -0.2) is 18.5 Å². The van der Waals surface area contributed by atoms with Crippen LogP contribution in [-0.2, 0) is 22.4 Å². The van der Waals surface area contributed by atoms with E-state index in [1.807, 2.05) is 32.0 Å². The Labute approximate surface area is 146 Å². The molecule has 0 aliphatic rings. The third-order valence-electron chi connectivity index (χ3n) is 3.66. The lowest BCUT2D eigenvalue weighted by molar-refractivity contribution is -0.119. The topological polar surface area (TPSA) is 55.4 Å². The molecule has 0 spiro atoms. The molecule has 126 valence electrons. The molecule has 0 unspecified atom stereocenters. The summed E-state index contributed by atoms with van der Waals surface area (Å²) in [5.41, 5.74) is 3.25. The molecule has 0 aliphatic carbocycles. The first-order valence-corrected chi connectivity index (χ1v) is 8.26. The number of rotatable bonds is 6. The quantitative estimate of drug-likeness (QED) is 0.796. The molecule has 5 heteroatoms. The predicted octanol–water partition coefficient (Wildman–Crippen LogP) is 4.26. The Morgan fingerprint density at radius 1 is 1.04 bits per heavy atom. The number of halogens is 1. The number of carbonyl (C=O) groups is 2. The highest BCUT2D eigenvalue weighted by molar-refractivity contribution is 6.30. The van der Waals surface area contributed by atoms with Crippen LogP contribution >= 0.6 is 11.6 Å². The van der Waals surface area contributed by atoms with Gasteiger partial charge in [0.2, 0.25) is 0 Å². The van der Waals surface area contributed by atoms with Crippen molar-refractivity contribution in [1.82, 2.24) is 0 Å². The molecule has 0 aromatic heterocycles. The summed E-state index contributed by atoms with van der Waals surface area (Å²) in [6, 6.07) is 12.4. The second-order valence-electron chi connectivity index (χ2n) is 5.29. The van der Waals surface area contributed by atoms with Gasteiger partial charge in [-0.3, -0.25) is 4.79 Å². The van der Waals surface area contributed by atoms with E-state index >= 15 is 0 Å². The number of amides is 1. The van der Waals surface area contributed by atoms with Crippen molar-refractivity contribution in [3.05, 3.63) is 64.2 Å². The zero-order valence-electron chi connectivity index (χ0n) is 13.8. The Bertz CT molecular complexity index is 721. The van der Waals surface area contributed by atoms with Crippen LogP contribution in [0.3, 0.4) is 0 Å². The van der Waals surface area contributed by atoms with Gasteiger partial charge in [-0.15, -0.1) is 0 Å². The molecular formula is C19H20ClNO3. The van der Waals surface area contributed by atoms with Crippen LogP contribution in [0.2, 0.25) is 5.02 Å². The van der Waals surface area contributed by atoms with Gasteiger partial charge >= 0.3 is 5.97 Å². The van der Waals surface area contributed by atoms with Gasteiger partial charge in [0.25, 0.3) is 5.91 Å². The van der Waals surface area contributed by atoms with Crippen molar-refractivity contribution in [3.63, 3.8) is 0 Å². The van der Waals surface area contributed by atoms with Gasteiger partial charge in [0, 0.05) is 10.7 Å². The van der Waals surface area contributed by atoms with Crippen molar-refractivity contribution >= 4 is 29.2 Å². The Morgan fingerprint density at radius 3 is 2.25 bits per heavy atom. The third-order valence-corrected chi connectivity index (χ3v) is 3.89. The molecule has 2 aromatic rings. The molecular weight excluding hydrogens is 326 g/mol. The minimum absolute atomic E-state index is 0.318. The van der Waals surface area contributed by atoms with Gasteiger partial charge < -0.3 is 10.1 Å². The van der Waals surface area contributed by atoms with E-state index in [0.717, 1.165) is 29.7 Å². The maximum Gasteiger partial charge on any atom is 0.338 e. The van der Waals surface area contributed by atoms with Crippen LogP contribution in [0.25, 0.3) is 0 Å². The maximum atomic E-state index is 12.1. The van der Waals surface area contributed by atoms with E-state index in [1.54, 1.807) is 18.2 Å². The van der Waals surface area contributed by atoms with Gasteiger partial charge in [-0.25, -0.2) is 4.79 Å². The summed E-state index contributed by atoms with van der Waals surface area (Å²) < 4.78 is 5.05. The van der Waals surface area contributed by atoms with Gasteiger partial charge in [0.1, 0.15) is 0 Å². The van der Waals surface area contributed by atoms with Crippen molar-refractivity contribution in [2.45, 2.75) is 26.7 Å². The monoisotopic (exact) mass is 345 g/mol. The van der Waals surface area contributed by atoms with Crippen LogP contribution in [0.1, 0.15) is 35.3 Å². The molecule has 1 amide bonds. The zero-order chi connectivity index (χ0) is 17.5. The molecule has 24 heavy (non-hydrogen) atoms. The number of nitrogens with one attached hydrogen (secondary N) is 1. The summed E-state index contributed by atoms with van der Waals surface area (Å²) in [7, 11) is 0. The SMILES string of the molecule is CCc1cccc(CC)c1NC(=O)COC(=O)c1cccc(Cl)c1. The summed E-state index contributed by atoms with van der Waals surface area (Å²) in [5.74, 6) is -0.937. The second-order valence-corrected chi connectivity index (χ2v) is 5.73. The number of carbonyl (C=O) groups excluding carboxylic acids is 2. The Kier molecular flexibility index (Phi) is 6.38. The molecule has 0 heterocycles. The number of anilines is 1. The fraction of sp³-hybridized carbons (Fsp3) is 0.263. The highest BCUT2D eigenvalue weighted by Crippen LogP contribution is 2.22. The van der Waals surface area contributed by atoms with E-state index in [4.69, 9.17) is 16.3 Å². The molecule has 1 N–H and O–H groups in total. The number of esters is 1. The number of ether oxygens (including phenoxy) is 1. The number of benzene rings is 2. The van der Waals surface area contributed by atoms with Crippen molar-refractivity contribution < 1.29 is 14.3 Å². The fourth-order valence-electron chi connectivity index (χ4n) is 2.41. The van der Waals surface area contributed by atoms with Gasteiger partial charge in [-0.2, -0.15) is 0 Å². The van der Waals surface area contributed by atoms with E-state index in [9.17, 15) is 9.59 Å². The summed E-state index contributed by atoms with van der Waals surface area (Å²) in [6.45, 7) is 3.72. The molecule has 0 fully saturated rings. The average Bonchev–Trinajstić information content (AvgIpc) is 2.59.